The fourth-order valence-corrected chi connectivity index (χ4v) is 5.61. The van der Waals surface area contributed by atoms with E-state index in [-0.39, 0.29) is 17.2 Å². The minimum atomic E-state index is -0.458. The van der Waals surface area contributed by atoms with Crippen molar-refractivity contribution in [1.82, 2.24) is 9.55 Å². The molecule has 2 aromatic heterocycles. The van der Waals surface area contributed by atoms with Gasteiger partial charge in [0.2, 0.25) is 0 Å². The van der Waals surface area contributed by atoms with E-state index >= 15 is 0 Å². The molecule has 0 unspecified atom stereocenters. The molecule has 1 aliphatic carbocycles. The molecule has 0 N–H and O–H groups in total. The minimum absolute atomic E-state index is 0.187. The fourth-order valence-electron chi connectivity index (χ4n) is 3.37. The molecule has 1 aliphatic rings. The molecule has 138 valence electrons. The van der Waals surface area contributed by atoms with Gasteiger partial charge in [-0.15, -0.1) is 11.3 Å². The molecule has 0 aliphatic heterocycles. The van der Waals surface area contributed by atoms with Crippen molar-refractivity contribution in [3.05, 3.63) is 50.9 Å². The largest absolute Gasteiger partial charge is 0.268 e. The second kappa shape index (κ2) is 7.45. The minimum Gasteiger partial charge on any atom is -0.268 e. The summed E-state index contributed by atoms with van der Waals surface area (Å²) in [5.41, 5.74) is 1.09. The van der Waals surface area contributed by atoms with E-state index in [2.05, 4.69) is 6.07 Å². The number of aryl methyl sites for hydroxylation is 2. The molecule has 0 radical (unpaired) electrons. The van der Waals surface area contributed by atoms with Gasteiger partial charge < -0.3 is 0 Å². The highest BCUT2D eigenvalue weighted by molar-refractivity contribution is 7.99. The average Bonchev–Trinajstić information content (AvgIpc) is 3.05. The van der Waals surface area contributed by atoms with Gasteiger partial charge in [-0.25, -0.2) is 9.37 Å². The number of nitriles is 1. The van der Waals surface area contributed by atoms with Gasteiger partial charge >= 0.3 is 0 Å². The molecule has 0 saturated carbocycles. The molecule has 0 amide bonds. The summed E-state index contributed by atoms with van der Waals surface area (Å²) in [5, 5.41) is 10.1. The number of thiophene rings is 1. The summed E-state index contributed by atoms with van der Waals surface area (Å²) in [7, 11) is 0. The Morgan fingerprint density at radius 2 is 2.15 bits per heavy atom. The number of thioether (sulfide) groups is 1. The van der Waals surface area contributed by atoms with Gasteiger partial charge in [0.05, 0.1) is 23.1 Å². The first-order valence-electron chi connectivity index (χ1n) is 8.94. The highest BCUT2D eigenvalue weighted by Crippen LogP contribution is 2.35. The van der Waals surface area contributed by atoms with Crippen molar-refractivity contribution in [2.45, 2.75) is 37.8 Å². The number of halogens is 1. The molecular formula is C20H18FN3OS2. The normalized spacial score (nSPS) is 14.7. The molecule has 7 heteroatoms. The number of benzene rings is 1. The Bertz CT molecular complexity index is 1110. The van der Waals surface area contributed by atoms with Crippen LogP contribution in [0.5, 0.6) is 0 Å². The highest BCUT2D eigenvalue weighted by Gasteiger charge is 2.24. The Kier molecular flexibility index (Phi) is 5.02. The van der Waals surface area contributed by atoms with E-state index in [9.17, 15) is 9.18 Å². The fraction of sp³-hybridized carbons (Fsp3) is 0.350. The van der Waals surface area contributed by atoms with Crippen LogP contribution >= 0.6 is 23.1 Å². The van der Waals surface area contributed by atoms with Crippen LogP contribution in [0.15, 0.2) is 34.2 Å². The zero-order valence-corrected chi connectivity index (χ0v) is 16.5. The number of hydrogen-bond acceptors (Lipinski definition) is 5. The van der Waals surface area contributed by atoms with Gasteiger partial charge in [-0.05, 0) is 50.3 Å². The molecule has 2 heterocycles. The molecule has 0 saturated heterocycles. The standard InChI is InChI=1S/C20H18FN3OS2/c1-12(10-22)11-26-20-23-18-17(13-6-2-5-9-16(13)27-18)19(25)24(20)15-8-4-3-7-14(15)21/h3-4,7-8,12H,2,5-6,9,11H2,1H3/t12-/m1/s1. The SMILES string of the molecule is C[C@H](C#N)CSc1nc2sc3c(c2c(=O)n1-c1ccccc1F)CCCC3. The number of aromatic nitrogens is 2. The maximum atomic E-state index is 14.5. The Balaban J connectivity index is 1.97. The first kappa shape index (κ1) is 18.2. The van der Waals surface area contributed by atoms with Crippen LogP contribution in [0.25, 0.3) is 15.9 Å². The van der Waals surface area contributed by atoms with Crippen LogP contribution in [-0.2, 0) is 12.8 Å². The van der Waals surface area contributed by atoms with E-state index in [0.717, 1.165) is 36.1 Å². The lowest BCUT2D eigenvalue weighted by atomic mass is 9.97. The number of hydrogen-bond donors (Lipinski definition) is 0. The summed E-state index contributed by atoms with van der Waals surface area (Å²) in [6.07, 6.45) is 4.04. The smallest absolute Gasteiger partial charge is 0.267 e. The second-order valence-corrected chi connectivity index (χ2v) is 8.79. The third-order valence-corrected chi connectivity index (χ3v) is 7.12. The van der Waals surface area contributed by atoms with Gasteiger partial charge in [0.15, 0.2) is 5.16 Å². The Morgan fingerprint density at radius 3 is 2.93 bits per heavy atom. The monoisotopic (exact) mass is 399 g/mol. The van der Waals surface area contributed by atoms with E-state index in [1.807, 2.05) is 6.92 Å². The van der Waals surface area contributed by atoms with Gasteiger partial charge in [0, 0.05) is 10.6 Å². The van der Waals surface area contributed by atoms with E-state index in [1.165, 1.54) is 27.3 Å². The lowest BCUT2D eigenvalue weighted by molar-refractivity contribution is 0.608. The molecule has 0 bridgehead atoms. The molecule has 0 fully saturated rings. The van der Waals surface area contributed by atoms with Gasteiger partial charge in [-0.1, -0.05) is 23.9 Å². The predicted molar refractivity (Wildman–Crippen MR) is 107 cm³/mol. The van der Waals surface area contributed by atoms with Gasteiger partial charge in [0.25, 0.3) is 5.56 Å². The first-order valence-corrected chi connectivity index (χ1v) is 10.7. The number of para-hydroxylation sites is 1. The van der Waals surface area contributed by atoms with Crippen LogP contribution in [-0.4, -0.2) is 15.3 Å². The van der Waals surface area contributed by atoms with Crippen molar-refractivity contribution in [3.8, 4) is 11.8 Å². The predicted octanol–water partition coefficient (Wildman–Crippen LogP) is 4.72. The van der Waals surface area contributed by atoms with E-state index in [0.29, 0.717) is 16.3 Å². The van der Waals surface area contributed by atoms with E-state index in [4.69, 9.17) is 10.2 Å². The summed E-state index contributed by atoms with van der Waals surface area (Å²) < 4.78 is 15.9. The Hall–Kier alpha value is -2.17. The van der Waals surface area contributed by atoms with Crippen LogP contribution in [0.4, 0.5) is 4.39 Å². The Labute approximate surface area is 164 Å². The molecule has 4 rings (SSSR count). The summed E-state index contributed by atoms with van der Waals surface area (Å²) in [6.45, 7) is 1.82. The van der Waals surface area contributed by atoms with E-state index < -0.39 is 5.82 Å². The number of rotatable bonds is 4. The van der Waals surface area contributed by atoms with Crippen LogP contribution in [0.2, 0.25) is 0 Å². The van der Waals surface area contributed by atoms with Crippen molar-refractivity contribution in [1.29, 1.82) is 5.26 Å². The second-order valence-electron chi connectivity index (χ2n) is 6.72. The summed E-state index contributed by atoms with van der Waals surface area (Å²) in [4.78, 5) is 20.1. The van der Waals surface area contributed by atoms with Crippen molar-refractivity contribution in [3.63, 3.8) is 0 Å². The topological polar surface area (TPSA) is 58.7 Å². The van der Waals surface area contributed by atoms with Crippen LogP contribution < -0.4 is 5.56 Å². The van der Waals surface area contributed by atoms with Gasteiger partial charge in [0.1, 0.15) is 10.6 Å². The third-order valence-electron chi connectivity index (χ3n) is 4.73. The van der Waals surface area contributed by atoms with E-state index in [1.54, 1.807) is 29.5 Å². The van der Waals surface area contributed by atoms with Crippen LogP contribution in [0, 0.1) is 23.1 Å². The molecular weight excluding hydrogens is 381 g/mol. The van der Waals surface area contributed by atoms with Gasteiger partial charge in [-0.2, -0.15) is 5.26 Å². The van der Waals surface area contributed by atoms with Crippen molar-refractivity contribution < 1.29 is 4.39 Å². The van der Waals surface area contributed by atoms with Crippen molar-refractivity contribution >= 4 is 33.3 Å². The molecule has 27 heavy (non-hydrogen) atoms. The summed E-state index contributed by atoms with van der Waals surface area (Å²) in [6, 6.07) is 8.45. The summed E-state index contributed by atoms with van der Waals surface area (Å²) in [5.74, 6) is -0.151. The molecule has 1 atom stereocenters. The van der Waals surface area contributed by atoms with Crippen LogP contribution in [0.3, 0.4) is 0 Å². The summed E-state index contributed by atoms with van der Waals surface area (Å²) >= 11 is 2.91. The zero-order valence-electron chi connectivity index (χ0n) is 14.9. The maximum Gasteiger partial charge on any atom is 0.267 e. The molecule has 0 spiro atoms. The molecule has 4 nitrogen and oxygen atoms in total. The molecule has 3 aromatic rings. The molecule has 1 aromatic carbocycles. The van der Waals surface area contributed by atoms with Gasteiger partial charge in [-0.3, -0.25) is 9.36 Å². The highest BCUT2D eigenvalue weighted by atomic mass is 32.2. The van der Waals surface area contributed by atoms with Crippen molar-refractivity contribution in [2.24, 2.45) is 5.92 Å². The quantitative estimate of drug-likeness (QED) is 0.471. The average molecular weight is 400 g/mol. The lowest BCUT2D eigenvalue weighted by Gasteiger charge is -2.14. The lowest BCUT2D eigenvalue weighted by Crippen LogP contribution is -2.23. The van der Waals surface area contributed by atoms with Crippen LogP contribution in [0.1, 0.15) is 30.2 Å². The van der Waals surface area contributed by atoms with Crippen molar-refractivity contribution in [2.75, 3.05) is 5.75 Å². The Morgan fingerprint density at radius 1 is 1.37 bits per heavy atom. The first-order chi connectivity index (χ1) is 13.1. The number of fused-ring (bicyclic) bond motifs is 3. The number of nitrogens with zero attached hydrogens (tertiary/aromatic N) is 3. The third kappa shape index (κ3) is 3.28. The maximum absolute atomic E-state index is 14.5. The zero-order chi connectivity index (χ0) is 19.0.